The quantitative estimate of drug-likeness (QED) is 0.281. The van der Waals surface area contributed by atoms with Crippen molar-refractivity contribution in [1.29, 1.82) is 5.26 Å². The van der Waals surface area contributed by atoms with Crippen LogP contribution in [0.5, 0.6) is 11.5 Å². The molecular formula is C23H20N4O3S. The topological polar surface area (TPSA) is 86.1 Å². The van der Waals surface area contributed by atoms with Gasteiger partial charge in [-0.15, -0.1) is 10.2 Å². The molecule has 0 saturated heterocycles. The Hall–Kier alpha value is -3.70. The predicted octanol–water partition coefficient (Wildman–Crippen LogP) is 4.64. The molecule has 4 aromatic rings. The van der Waals surface area contributed by atoms with Crippen LogP contribution in [0.3, 0.4) is 0 Å². The van der Waals surface area contributed by atoms with Gasteiger partial charge in [0, 0.05) is 11.3 Å². The van der Waals surface area contributed by atoms with Crippen LogP contribution in [-0.2, 0) is 6.54 Å². The normalized spacial score (nSPS) is 10.6. The van der Waals surface area contributed by atoms with Crippen LogP contribution in [0.15, 0.2) is 76.5 Å². The standard InChI is InChI=1S/C23H20N4O3S/c1-28-19-9-7-18(8-10-19)22-25-26-23(27(22)16-21-6-3-11-29-21)31-13-12-30-20-5-2-4-17(14-20)15-24/h2-11,14H,12-13,16H2,1H3. The van der Waals surface area contributed by atoms with Crippen molar-refractivity contribution in [3.63, 3.8) is 0 Å². The van der Waals surface area contributed by atoms with E-state index in [4.69, 9.17) is 19.2 Å². The number of furan rings is 1. The monoisotopic (exact) mass is 432 g/mol. The van der Waals surface area contributed by atoms with Crippen LogP contribution in [0.25, 0.3) is 11.4 Å². The molecule has 4 rings (SSSR count). The average Bonchev–Trinajstić information content (AvgIpc) is 3.47. The Labute approximate surface area is 184 Å². The van der Waals surface area contributed by atoms with E-state index in [1.165, 1.54) is 0 Å². The van der Waals surface area contributed by atoms with Gasteiger partial charge in [0.2, 0.25) is 0 Å². The third kappa shape index (κ3) is 5.08. The highest BCUT2D eigenvalue weighted by molar-refractivity contribution is 7.99. The number of ether oxygens (including phenoxy) is 2. The van der Waals surface area contributed by atoms with E-state index in [1.807, 2.05) is 53.1 Å². The third-order valence-corrected chi connectivity index (χ3v) is 5.44. The van der Waals surface area contributed by atoms with Crippen molar-refractivity contribution in [3.8, 4) is 29.0 Å². The first kappa shape index (κ1) is 20.6. The van der Waals surface area contributed by atoms with Gasteiger partial charge in [-0.25, -0.2) is 0 Å². The lowest BCUT2D eigenvalue weighted by Crippen LogP contribution is -2.05. The summed E-state index contributed by atoms with van der Waals surface area (Å²) in [6.45, 7) is 1.000. The zero-order valence-corrected chi connectivity index (χ0v) is 17.7. The maximum atomic E-state index is 9.00. The zero-order valence-electron chi connectivity index (χ0n) is 16.9. The van der Waals surface area contributed by atoms with Crippen LogP contribution in [0.1, 0.15) is 11.3 Å². The van der Waals surface area contributed by atoms with Gasteiger partial charge in [0.25, 0.3) is 0 Å². The Kier molecular flexibility index (Phi) is 6.55. The molecule has 7 nitrogen and oxygen atoms in total. The highest BCUT2D eigenvalue weighted by Gasteiger charge is 2.16. The molecule has 0 aliphatic heterocycles. The van der Waals surface area contributed by atoms with Crippen LogP contribution >= 0.6 is 11.8 Å². The van der Waals surface area contributed by atoms with Gasteiger partial charge in [0.05, 0.1) is 38.2 Å². The number of nitrogens with zero attached hydrogens (tertiary/aromatic N) is 4. The molecule has 0 saturated carbocycles. The van der Waals surface area contributed by atoms with E-state index in [-0.39, 0.29) is 0 Å². The molecule has 156 valence electrons. The second-order valence-electron chi connectivity index (χ2n) is 6.54. The number of thioether (sulfide) groups is 1. The fraction of sp³-hybridized carbons (Fsp3) is 0.174. The lowest BCUT2D eigenvalue weighted by molar-refractivity contribution is 0.343. The predicted molar refractivity (Wildman–Crippen MR) is 117 cm³/mol. The highest BCUT2D eigenvalue weighted by Crippen LogP contribution is 2.27. The second kappa shape index (κ2) is 9.87. The summed E-state index contributed by atoms with van der Waals surface area (Å²) in [6.07, 6.45) is 1.66. The lowest BCUT2D eigenvalue weighted by Gasteiger charge is -2.10. The Morgan fingerprint density at radius 1 is 1.06 bits per heavy atom. The van der Waals surface area contributed by atoms with Gasteiger partial charge in [-0.2, -0.15) is 5.26 Å². The first-order chi connectivity index (χ1) is 15.3. The van der Waals surface area contributed by atoms with E-state index in [0.717, 1.165) is 28.1 Å². The highest BCUT2D eigenvalue weighted by atomic mass is 32.2. The minimum absolute atomic E-state index is 0.477. The first-order valence-electron chi connectivity index (χ1n) is 9.62. The van der Waals surface area contributed by atoms with Crippen LogP contribution in [0.4, 0.5) is 0 Å². The Bertz CT molecular complexity index is 1160. The molecule has 0 spiro atoms. The van der Waals surface area contributed by atoms with Crippen LogP contribution < -0.4 is 9.47 Å². The van der Waals surface area contributed by atoms with Gasteiger partial charge >= 0.3 is 0 Å². The number of benzene rings is 2. The van der Waals surface area contributed by atoms with E-state index < -0.39 is 0 Å². The summed E-state index contributed by atoms with van der Waals surface area (Å²) in [6, 6.07) is 20.8. The summed E-state index contributed by atoms with van der Waals surface area (Å²) in [5.41, 5.74) is 1.52. The molecule has 2 heterocycles. The van der Waals surface area contributed by atoms with Crippen molar-refractivity contribution in [2.45, 2.75) is 11.7 Å². The largest absolute Gasteiger partial charge is 0.497 e. The maximum Gasteiger partial charge on any atom is 0.192 e. The molecule has 2 aromatic heterocycles. The minimum atomic E-state index is 0.477. The average molecular weight is 433 g/mol. The summed E-state index contributed by atoms with van der Waals surface area (Å²) >= 11 is 1.55. The molecule has 0 amide bonds. The van der Waals surface area contributed by atoms with Crippen LogP contribution in [0.2, 0.25) is 0 Å². The molecular weight excluding hydrogens is 412 g/mol. The van der Waals surface area contributed by atoms with Gasteiger partial charge in [0.15, 0.2) is 11.0 Å². The summed E-state index contributed by atoms with van der Waals surface area (Å²) in [5, 5.41) is 18.6. The summed E-state index contributed by atoms with van der Waals surface area (Å²) in [7, 11) is 1.64. The second-order valence-corrected chi connectivity index (χ2v) is 7.60. The smallest absolute Gasteiger partial charge is 0.192 e. The first-order valence-corrected chi connectivity index (χ1v) is 10.6. The van der Waals surface area contributed by atoms with Crippen LogP contribution in [-0.4, -0.2) is 34.2 Å². The molecule has 0 unspecified atom stereocenters. The molecule has 0 radical (unpaired) electrons. The molecule has 0 aliphatic carbocycles. The SMILES string of the molecule is COc1ccc(-c2nnc(SCCOc3cccc(C#N)c3)n2Cc2ccco2)cc1. The summed E-state index contributed by atoms with van der Waals surface area (Å²) in [4.78, 5) is 0. The number of nitriles is 1. The van der Waals surface area contributed by atoms with Crippen molar-refractivity contribution in [1.82, 2.24) is 14.8 Å². The van der Waals surface area contributed by atoms with Gasteiger partial charge in [-0.3, -0.25) is 4.57 Å². The maximum absolute atomic E-state index is 9.00. The molecule has 0 N–H and O–H groups in total. The summed E-state index contributed by atoms with van der Waals surface area (Å²) in [5.74, 6) is 3.71. The van der Waals surface area contributed by atoms with E-state index in [2.05, 4.69) is 16.3 Å². The number of hydrogen-bond acceptors (Lipinski definition) is 7. The number of rotatable bonds is 9. The Morgan fingerprint density at radius 2 is 1.94 bits per heavy atom. The fourth-order valence-electron chi connectivity index (χ4n) is 3.00. The number of aromatic nitrogens is 3. The molecule has 0 aliphatic rings. The van der Waals surface area contributed by atoms with Gasteiger partial charge in [0.1, 0.15) is 17.3 Å². The summed E-state index contributed by atoms with van der Waals surface area (Å²) < 4.78 is 18.6. The number of hydrogen-bond donors (Lipinski definition) is 0. The Balaban J connectivity index is 1.48. The molecule has 2 aromatic carbocycles. The van der Waals surface area contributed by atoms with E-state index in [0.29, 0.717) is 30.2 Å². The van der Waals surface area contributed by atoms with E-state index >= 15 is 0 Å². The third-order valence-electron chi connectivity index (χ3n) is 4.51. The van der Waals surface area contributed by atoms with Gasteiger partial charge in [-0.05, 0) is 54.6 Å². The molecule has 0 bridgehead atoms. The van der Waals surface area contributed by atoms with Gasteiger partial charge < -0.3 is 13.9 Å². The lowest BCUT2D eigenvalue weighted by atomic mass is 10.2. The molecule has 31 heavy (non-hydrogen) atoms. The molecule has 0 atom stereocenters. The van der Waals surface area contributed by atoms with Gasteiger partial charge in [-0.1, -0.05) is 17.8 Å². The van der Waals surface area contributed by atoms with Crippen molar-refractivity contribution in [2.75, 3.05) is 19.5 Å². The van der Waals surface area contributed by atoms with Crippen molar-refractivity contribution >= 4 is 11.8 Å². The van der Waals surface area contributed by atoms with Crippen molar-refractivity contribution in [3.05, 3.63) is 78.3 Å². The molecule has 8 heteroatoms. The molecule has 0 fully saturated rings. The Morgan fingerprint density at radius 3 is 2.68 bits per heavy atom. The number of methoxy groups -OCH3 is 1. The zero-order chi connectivity index (χ0) is 21.5. The minimum Gasteiger partial charge on any atom is -0.497 e. The van der Waals surface area contributed by atoms with E-state index in [1.54, 1.807) is 37.3 Å². The van der Waals surface area contributed by atoms with Crippen molar-refractivity contribution in [2.24, 2.45) is 0 Å². The van der Waals surface area contributed by atoms with Crippen LogP contribution in [0, 0.1) is 11.3 Å². The fourth-order valence-corrected chi connectivity index (χ4v) is 3.75. The van der Waals surface area contributed by atoms with Crippen molar-refractivity contribution < 1.29 is 13.9 Å². The van der Waals surface area contributed by atoms with E-state index in [9.17, 15) is 0 Å².